The maximum atomic E-state index is 13.5. The summed E-state index contributed by atoms with van der Waals surface area (Å²) in [6.45, 7) is 18.3. The van der Waals surface area contributed by atoms with Crippen molar-refractivity contribution >= 4 is 29.3 Å². The van der Waals surface area contributed by atoms with Gasteiger partial charge in [-0.2, -0.15) is 0 Å². The highest BCUT2D eigenvalue weighted by Crippen LogP contribution is 2.26. The summed E-state index contributed by atoms with van der Waals surface area (Å²) < 4.78 is 0. The van der Waals surface area contributed by atoms with Crippen molar-refractivity contribution in [2.45, 2.75) is 41.5 Å². The lowest BCUT2D eigenvalue weighted by atomic mass is 9.93. The smallest absolute Gasteiger partial charge is 0.187 e. The summed E-state index contributed by atoms with van der Waals surface area (Å²) in [5, 5.41) is 0. The molecule has 3 rings (SSSR count). The van der Waals surface area contributed by atoms with Crippen LogP contribution in [-0.4, -0.2) is 57.0 Å². The molecule has 0 saturated carbocycles. The predicted octanol–water partition coefficient (Wildman–Crippen LogP) is 5.98. The molecule has 0 atom stereocenters. The molecule has 0 radical (unpaired) electrons. The van der Waals surface area contributed by atoms with Crippen LogP contribution in [0.1, 0.15) is 49.9 Å². The second-order valence-electron chi connectivity index (χ2n) is 9.27. The zero-order valence-corrected chi connectivity index (χ0v) is 22.1. The van der Waals surface area contributed by atoms with E-state index in [1.165, 1.54) is 22.5 Å². The fourth-order valence-corrected chi connectivity index (χ4v) is 4.80. The lowest BCUT2D eigenvalue weighted by Crippen LogP contribution is -2.34. The Kier molecular flexibility index (Phi) is 8.73. The van der Waals surface area contributed by atoms with Crippen LogP contribution in [0.25, 0.3) is 12.2 Å². The van der Waals surface area contributed by atoms with Crippen molar-refractivity contribution in [1.82, 2.24) is 4.90 Å². The lowest BCUT2D eigenvalue weighted by molar-refractivity contribution is -0.113. The minimum Gasteiger partial charge on any atom is -0.372 e. The number of likely N-dealkylation sites (N-methyl/N-ethyl adjacent to an activating group) is 1. The molecule has 0 spiro atoms. The van der Waals surface area contributed by atoms with Crippen LogP contribution in [0.5, 0.6) is 0 Å². The van der Waals surface area contributed by atoms with Crippen LogP contribution in [0.2, 0.25) is 0 Å². The first-order valence-electron chi connectivity index (χ1n) is 12.7. The highest BCUT2D eigenvalue weighted by molar-refractivity contribution is 6.14. The third kappa shape index (κ3) is 5.79. The molecule has 4 heteroatoms. The highest BCUT2D eigenvalue weighted by atomic mass is 16.1. The van der Waals surface area contributed by atoms with Crippen molar-refractivity contribution in [1.29, 1.82) is 0 Å². The molecule has 1 saturated heterocycles. The largest absolute Gasteiger partial charge is 0.372 e. The molecule has 0 amide bonds. The number of rotatable bonds is 8. The number of Topliss-reactive ketones (excluding diaryl/α,β-unsaturated/α-hetero) is 1. The predicted molar refractivity (Wildman–Crippen MR) is 148 cm³/mol. The van der Waals surface area contributed by atoms with Crippen molar-refractivity contribution in [3.63, 3.8) is 0 Å². The van der Waals surface area contributed by atoms with E-state index in [9.17, 15) is 4.79 Å². The van der Waals surface area contributed by atoms with Gasteiger partial charge in [0.1, 0.15) is 0 Å². The van der Waals surface area contributed by atoms with E-state index in [0.29, 0.717) is 13.1 Å². The van der Waals surface area contributed by atoms with Gasteiger partial charge in [-0.25, -0.2) is 0 Å². The van der Waals surface area contributed by atoms with Crippen LogP contribution in [0, 0.1) is 13.8 Å². The monoisotopic (exact) mass is 459 g/mol. The summed E-state index contributed by atoms with van der Waals surface area (Å²) >= 11 is 0. The third-order valence-corrected chi connectivity index (χ3v) is 6.89. The van der Waals surface area contributed by atoms with Gasteiger partial charge in [0.05, 0.1) is 0 Å². The fourth-order valence-electron chi connectivity index (χ4n) is 4.80. The highest BCUT2D eigenvalue weighted by Gasteiger charge is 2.24. The SMILES string of the molecule is CCN(CC)c1ccc(C=C2CN(C)CC(=Cc3ccc(N(CC)CC)cc3C)C2=O)c(C)c1. The van der Waals surface area contributed by atoms with Crippen LogP contribution in [0.15, 0.2) is 47.5 Å². The summed E-state index contributed by atoms with van der Waals surface area (Å²) in [4.78, 5) is 20.4. The van der Waals surface area contributed by atoms with E-state index in [2.05, 4.69) is 112 Å². The Labute approximate surface area is 206 Å². The van der Waals surface area contributed by atoms with E-state index in [-0.39, 0.29) is 5.78 Å². The normalized spacial score (nSPS) is 17.0. The van der Waals surface area contributed by atoms with Crippen molar-refractivity contribution in [3.05, 3.63) is 69.8 Å². The minimum absolute atomic E-state index is 0.164. The second-order valence-corrected chi connectivity index (χ2v) is 9.27. The molecule has 0 aliphatic carbocycles. The first-order valence-corrected chi connectivity index (χ1v) is 12.7. The standard InChI is InChI=1S/C30H41N3O/c1-8-32(9-2)28-14-12-24(22(5)16-28)18-26-20-31(7)21-27(30(26)34)19-25-13-15-29(17-23(25)6)33(10-3)11-4/h12-19H,8-11,20-21H2,1-7H3. The zero-order chi connectivity index (χ0) is 24.8. The quantitative estimate of drug-likeness (QED) is 0.454. The van der Waals surface area contributed by atoms with Crippen LogP contribution < -0.4 is 9.80 Å². The molecule has 1 aliphatic rings. The molecule has 0 unspecified atom stereocenters. The van der Waals surface area contributed by atoms with Crippen LogP contribution in [0.3, 0.4) is 0 Å². The number of benzene rings is 2. The Hall–Kier alpha value is -2.85. The fraction of sp³-hybridized carbons (Fsp3) is 0.433. The number of carbonyl (C=O) groups is 1. The van der Waals surface area contributed by atoms with Gasteiger partial charge in [0.15, 0.2) is 5.78 Å². The van der Waals surface area contributed by atoms with Crippen LogP contribution in [-0.2, 0) is 4.79 Å². The molecular weight excluding hydrogens is 418 g/mol. The molecule has 0 aromatic heterocycles. The summed E-state index contributed by atoms with van der Waals surface area (Å²) in [6, 6.07) is 13.1. The Morgan fingerprint density at radius 3 is 1.44 bits per heavy atom. The number of hydrogen-bond donors (Lipinski definition) is 0. The molecule has 1 heterocycles. The average Bonchev–Trinajstić information content (AvgIpc) is 2.81. The van der Waals surface area contributed by atoms with Crippen molar-refractivity contribution in [2.24, 2.45) is 0 Å². The number of aryl methyl sites for hydroxylation is 2. The molecule has 2 aromatic carbocycles. The lowest BCUT2D eigenvalue weighted by Gasteiger charge is -2.27. The van der Waals surface area contributed by atoms with Crippen molar-refractivity contribution in [3.8, 4) is 0 Å². The van der Waals surface area contributed by atoms with Gasteiger partial charge in [-0.1, -0.05) is 12.1 Å². The van der Waals surface area contributed by atoms with E-state index in [4.69, 9.17) is 0 Å². The van der Waals surface area contributed by atoms with Gasteiger partial charge in [-0.05, 0) is 107 Å². The Balaban J connectivity index is 1.90. The van der Waals surface area contributed by atoms with Crippen LogP contribution in [0.4, 0.5) is 11.4 Å². The number of piperidine rings is 1. The number of ketones is 1. The van der Waals surface area contributed by atoms with Gasteiger partial charge in [0, 0.05) is 61.8 Å². The molecule has 182 valence electrons. The van der Waals surface area contributed by atoms with Crippen molar-refractivity contribution < 1.29 is 4.79 Å². The molecule has 4 nitrogen and oxygen atoms in total. The first-order chi connectivity index (χ1) is 16.3. The summed E-state index contributed by atoms with van der Waals surface area (Å²) in [6.07, 6.45) is 4.17. The molecular formula is C30H41N3O. The molecule has 1 aliphatic heterocycles. The first kappa shape index (κ1) is 25.8. The van der Waals surface area contributed by atoms with Crippen molar-refractivity contribution in [2.75, 3.05) is 56.1 Å². The van der Waals surface area contributed by atoms with E-state index < -0.39 is 0 Å². The van der Waals surface area contributed by atoms with Gasteiger partial charge in [-0.3, -0.25) is 9.69 Å². The number of likely N-dealkylation sites (tertiary alicyclic amines) is 1. The maximum Gasteiger partial charge on any atom is 0.187 e. The number of carbonyl (C=O) groups excluding carboxylic acids is 1. The average molecular weight is 460 g/mol. The summed E-state index contributed by atoms with van der Waals surface area (Å²) in [5.74, 6) is 0.164. The van der Waals surface area contributed by atoms with Gasteiger partial charge in [-0.15, -0.1) is 0 Å². The zero-order valence-electron chi connectivity index (χ0n) is 22.1. The van der Waals surface area contributed by atoms with E-state index in [1.54, 1.807) is 0 Å². The summed E-state index contributed by atoms with van der Waals surface area (Å²) in [7, 11) is 2.08. The van der Waals surface area contributed by atoms with E-state index in [1.807, 2.05) is 0 Å². The molecule has 0 bridgehead atoms. The Bertz CT molecular complexity index is 991. The van der Waals surface area contributed by atoms with E-state index >= 15 is 0 Å². The molecule has 1 fully saturated rings. The topological polar surface area (TPSA) is 26.8 Å². The van der Waals surface area contributed by atoms with Gasteiger partial charge in [0.25, 0.3) is 0 Å². The van der Waals surface area contributed by atoms with Gasteiger partial charge < -0.3 is 9.80 Å². The molecule has 34 heavy (non-hydrogen) atoms. The second kappa shape index (κ2) is 11.5. The van der Waals surface area contributed by atoms with Gasteiger partial charge in [0.2, 0.25) is 0 Å². The number of anilines is 2. The molecule has 0 N–H and O–H groups in total. The molecule has 2 aromatic rings. The number of nitrogens with zero attached hydrogens (tertiary/aromatic N) is 3. The van der Waals surface area contributed by atoms with E-state index in [0.717, 1.165) is 48.5 Å². The summed E-state index contributed by atoms with van der Waals surface area (Å²) in [5.41, 5.74) is 8.83. The van der Waals surface area contributed by atoms with Gasteiger partial charge >= 0.3 is 0 Å². The Morgan fingerprint density at radius 2 is 1.12 bits per heavy atom. The van der Waals surface area contributed by atoms with Crippen LogP contribution >= 0.6 is 0 Å². The minimum atomic E-state index is 0.164. The maximum absolute atomic E-state index is 13.5. The number of hydrogen-bond acceptors (Lipinski definition) is 4. The third-order valence-electron chi connectivity index (χ3n) is 6.89. The Morgan fingerprint density at radius 1 is 0.735 bits per heavy atom.